The van der Waals surface area contributed by atoms with E-state index in [1.807, 2.05) is 18.2 Å². The summed E-state index contributed by atoms with van der Waals surface area (Å²) in [5.41, 5.74) is 0.576. The summed E-state index contributed by atoms with van der Waals surface area (Å²) in [4.78, 5) is 11.6. The number of ether oxygens (including phenoxy) is 1. The Bertz CT molecular complexity index is 338. The zero-order valence-electron chi connectivity index (χ0n) is 10.9. The quantitative estimate of drug-likeness (QED) is 0.396. The fourth-order valence-electron chi connectivity index (χ4n) is 1.70. The lowest BCUT2D eigenvalue weighted by Gasteiger charge is -2.10. The van der Waals surface area contributed by atoms with Crippen LogP contribution in [-0.2, 0) is 4.74 Å². The van der Waals surface area contributed by atoms with E-state index in [-0.39, 0.29) is 11.3 Å². The van der Waals surface area contributed by atoms with E-state index >= 15 is 0 Å². The molecule has 1 rings (SSSR count). The molecule has 0 spiro atoms. The lowest BCUT2D eigenvalue weighted by molar-refractivity contribution is 0.0501. The van der Waals surface area contributed by atoms with Gasteiger partial charge in [-0.15, -0.1) is 11.6 Å². The number of alkyl halides is 1. The summed E-state index contributed by atoms with van der Waals surface area (Å²) in [7, 11) is 0. The SMILES string of the molecule is CCCCCCC(Cl)COC(=O)c1ccccc1. The predicted molar refractivity (Wildman–Crippen MR) is 75.1 cm³/mol. The van der Waals surface area contributed by atoms with Gasteiger partial charge >= 0.3 is 5.97 Å². The third-order valence-corrected chi connectivity index (χ3v) is 3.12. The van der Waals surface area contributed by atoms with Crippen molar-refractivity contribution < 1.29 is 9.53 Å². The molecule has 0 bridgehead atoms. The molecule has 18 heavy (non-hydrogen) atoms. The molecule has 100 valence electrons. The Morgan fingerprint density at radius 3 is 2.61 bits per heavy atom. The Hall–Kier alpha value is -1.02. The van der Waals surface area contributed by atoms with Crippen molar-refractivity contribution >= 4 is 17.6 Å². The second kappa shape index (κ2) is 8.98. The number of benzene rings is 1. The second-order valence-electron chi connectivity index (χ2n) is 4.41. The summed E-state index contributed by atoms with van der Waals surface area (Å²) in [6.45, 7) is 2.47. The first-order valence-corrected chi connectivity index (χ1v) is 7.04. The van der Waals surface area contributed by atoms with E-state index in [1.165, 1.54) is 19.3 Å². The van der Waals surface area contributed by atoms with E-state index < -0.39 is 0 Å². The van der Waals surface area contributed by atoms with Gasteiger partial charge in [-0.1, -0.05) is 50.8 Å². The average molecular weight is 269 g/mol. The van der Waals surface area contributed by atoms with E-state index in [9.17, 15) is 4.79 Å². The minimum Gasteiger partial charge on any atom is -0.461 e. The van der Waals surface area contributed by atoms with Gasteiger partial charge in [-0.25, -0.2) is 4.79 Å². The highest BCUT2D eigenvalue weighted by Gasteiger charge is 2.10. The molecular weight excluding hydrogens is 248 g/mol. The van der Waals surface area contributed by atoms with E-state index in [2.05, 4.69) is 6.92 Å². The molecule has 0 saturated heterocycles. The summed E-state index contributed by atoms with van der Waals surface area (Å²) in [5.74, 6) is -0.296. The third-order valence-electron chi connectivity index (χ3n) is 2.78. The molecule has 0 heterocycles. The standard InChI is InChI=1S/C15H21ClO2/c1-2-3-4-8-11-14(16)12-18-15(17)13-9-6-5-7-10-13/h5-7,9-10,14H,2-4,8,11-12H2,1H3. The monoisotopic (exact) mass is 268 g/mol. The maximum atomic E-state index is 11.6. The van der Waals surface area contributed by atoms with Crippen molar-refractivity contribution in [3.8, 4) is 0 Å². The minimum atomic E-state index is -0.296. The van der Waals surface area contributed by atoms with Gasteiger partial charge < -0.3 is 4.74 Å². The molecule has 0 aliphatic rings. The first-order chi connectivity index (χ1) is 8.74. The second-order valence-corrected chi connectivity index (χ2v) is 5.03. The van der Waals surface area contributed by atoms with Crippen LogP contribution < -0.4 is 0 Å². The Morgan fingerprint density at radius 2 is 1.94 bits per heavy atom. The van der Waals surface area contributed by atoms with Crippen LogP contribution in [0.2, 0.25) is 0 Å². The molecule has 0 aliphatic carbocycles. The van der Waals surface area contributed by atoms with Gasteiger partial charge in [0.2, 0.25) is 0 Å². The number of carbonyl (C=O) groups excluding carboxylic acids is 1. The topological polar surface area (TPSA) is 26.3 Å². The molecule has 1 unspecified atom stereocenters. The van der Waals surface area contributed by atoms with Gasteiger partial charge in [0.1, 0.15) is 6.61 Å². The zero-order valence-corrected chi connectivity index (χ0v) is 11.7. The van der Waals surface area contributed by atoms with E-state index in [0.29, 0.717) is 12.2 Å². The van der Waals surface area contributed by atoms with Crippen molar-refractivity contribution in [1.82, 2.24) is 0 Å². The number of esters is 1. The van der Waals surface area contributed by atoms with Crippen LogP contribution in [0.4, 0.5) is 0 Å². The van der Waals surface area contributed by atoms with Crippen LogP contribution in [0.5, 0.6) is 0 Å². The van der Waals surface area contributed by atoms with Gasteiger partial charge in [-0.05, 0) is 18.6 Å². The highest BCUT2D eigenvalue weighted by Crippen LogP contribution is 2.11. The number of halogens is 1. The normalized spacial score (nSPS) is 12.1. The average Bonchev–Trinajstić information content (AvgIpc) is 2.42. The van der Waals surface area contributed by atoms with Crippen molar-refractivity contribution in [2.24, 2.45) is 0 Å². The largest absolute Gasteiger partial charge is 0.461 e. The maximum Gasteiger partial charge on any atom is 0.338 e. The van der Waals surface area contributed by atoms with Crippen LogP contribution in [0.25, 0.3) is 0 Å². The van der Waals surface area contributed by atoms with Gasteiger partial charge in [0.15, 0.2) is 0 Å². The Morgan fingerprint density at radius 1 is 1.22 bits per heavy atom. The van der Waals surface area contributed by atoms with E-state index in [1.54, 1.807) is 12.1 Å². The smallest absolute Gasteiger partial charge is 0.338 e. The predicted octanol–water partition coefficient (Wildman–Crippen LogP) is 4.42. The van der Waals surface area contributed by atoms with Crippen molar-refractivity contribution in [3.05, 3.63) is 35.9 Å². The molecule has 0 aromatic heterocycles. The number of unbranched alkanes of at least 4 members (excludes halogenated alkanes) is 3. The Kier molecular flexibility index (Phi) is 7.51. The molecule has 0 amide bonds. The molecule has 2 nitrogen and oxygen atoms in total. The summed E-state index contributed by atoms with van der Waals surface area (Å²) in [5, 5.41) is -0.0745. The van der Waals surface area contributed by atoms with Crippen LogP contribution in [0, 0.1) is 0 Å². The van der Waals surface area contributed by atoms with E-state index in [0.717, 1.165) is 12.8 Å². The lowest BCUT2D eigenvalue weighted by atomic mass is 10.1. The Labute approximate surface area is 114 Å². The highest BCUT2D eigenvalue weighted by atomic mass is 35.5. The molecule has 0 radical (unpaired) electrons. The highest BCUT2D eigenvalue weighted by molar-refractivity contribution is 6.20. The number of carbonyl (C=O) groups is 1. The molecular formula is C15H21ClO2. The van der Waals surface area contributed by atoms with Crippen molar-refractivity contribution in [2.75, 3.05) is 6.61 Å². The minimum absolute atomic E-state index is 0.0745. The first kappa shape index (κ1) is 15.0. The van der Waals surface area contributed by atoms with Crippen LogP contribution in [0.3, 0.4) is 0 Å². The van der Waals surface area contributed by atoms with Crippen LogP contribution in [0.1, 0.15) is 49.4 Å². The van der Waals surface area contributed by atoms with Crippen LogP contribution in [-0.4, -0.2) is 18.0 Å². The molecule has 0 saturated carbocycles. The van der Waals surface area contributed by atoms with Crippen molar-refractivity contribution in [3.63, 3.8) is 0 Å². The molecule has 0 N–H and O–H groups in total. The molecule has 0 fully saturated rings. The van der Waals surface area contributed by atoms with Crippen molar-refractivity contribution in [1.29, 1.82) is 0 Å². The van der Waals surface area contributed by atoms with Crippen molar-refractivity contribution in [2.45, 2.75) is 44.4 Å². The summed E-state index contributed by atoms with van der Waals surface area (Å²) >= 11 is 6.11. The maximum absolute atomic E-state index is 11.6. The number of rotatable bonds is 8. The van der Waals surface area contributed by atoms with Gasteiger partial charge in [0.25, 0.3) is 0 Å². The summed E-state index contributed by atoms with van der Waals surface area (Å²) < 4.78 is 5.18. The molecule has 3 heteroatoms. The molecule has 1 aromatic carbocycles. The van der Waals surface area contributed by atoms with Gasteiger partial charge in [0.05, 0.1) is 10.9 Å². The Balaban J connectivity index is 2.18. The fourth-order valence-corrected chi connectivity index (χ4v) is 1.92. The third kappa shape index (κ3) is 6.06. The summed E-state index contributed by atoms with van der Waals surface area (Å²) in [6, 6.07) is 8.99. The van der Waals surface area contributed by atoms with Crippen LogP contribution >= 0.6 is 11.6 Å². The van der Waals surface area contributed by atoms with Crippen LogP contribution in [0.15, 0.2) is 30.3 Å². The fraction of sp³-hybridized carbons (Fsp3) is 0.533. The van der Waals surface area contributed by atoms with E-state index in [4.69, 9.17) is 16.3 Å². The summed E-state index contributed by atoms with van der Waals surface area (Å²) in [6.07, 6.45) is 5.67. The number of hydrogen-bond donors (Lipinski definition) is 0. The van der Waals surface area contributed by atoms with Gasteiger partial charge in [-0.2, -0.15) is 0 Å². The molecule has 1 aromatic rings. The lowest BCUT2D eigenvalue weighted by Crippen LogP contribution is -2.14. The number of hydrogen-bond acceptors (Lipinski definition) is 2. The molecule has 0 aliphatic heterocycles. The zero-order chi connectivity index (χ0) is 13.2. The first-order valence-electron chi connectivity index (χ1n) is 6.60. The van der Waals surface area contributed by atoms with Gasteiger partial charge in [0, 0.05) is 0 Å². The molecule has 1 atom stereocenters. The van der Waals surface area contributed by atoms with Gasteiger partial charge in [-0.3, -0.25) is 0 Å².